The van der Waals surface area contributed by atoms with E-state index in [9.17, 15) is 14.4 Å². The molecule has 1 N–H and O–H groups in total. The maximum Gasteiger partial charge on any atom is 0.274 e. The Hall–Kier alpha value is -1.76. The Morgan fingerprint density at radius 1 is 1.61 bits per heavy atom. The van der Waals surface area contributed by atoms with Crippen LogP contribution in [0.3, 0.4) is 0 Å². The molecule has 0 radical (unpaired) electrons. The van der Waals surface area contributed by atoms with E-state index in [1.54, 1.807) is 19.2 Å². The molecule has 1 aromatic rings. The van der Waals surface area contributed by atoms with E-state index in [4.69, 9.17) is 0 Å². The Morgan fingerprint density at radius 3 is 2.89 bits per heavy atom. The molecular weight excluding hydrogens is 254 g/mol. The molecule has 0 bridgehead atoms. The van der Waals surface area contributed by atoms with Gasteiger partial charge in [-0.25, -0.2) is 4.98 Å². The summed E-state index contributed by atoms with van der Waals surface area (Å²) in [5, 5.41) is 4.65. The van der Waals surface area contributed by atoms with Crippen LogP contribution < -0.4 is 5.32 Å². The number of hydrogen-bond acceptors (Lipinski definition) is 5. The topological polar surface area (TPSA) is 79.4 Å². The number of aryl methyl sites for hydroxylation is 1. The molecule has 18 heavy (non-hydrogen) atoms. The van der Waals surface area contributed by atoms with Gasteiger partial charge < -0.3 is 4.90 Å². The van der Waals surface area contributed by atoms with Crippen LogP contribution in [0, 0.1) is 6.92 Å². The number of amides is 3. The predicted octanol–water partition coefficient (Wildman–Crippen LogP) is 0.329. The van der Waals surface area contributed by atoms with Crippen LogP contribution in [-0.4, -0.2) is 40.2 Å². The van der Waals surface area contributed by atoms with Crippen molar-refractivity contribution in [1.29, 1.82) is 0 Å². The second-order valence-corrected chi connectivity index (χ2v) is 5.08. The van der Waals surface area contributed by atoms with Gasteiger partial charge in [0, 0.05) is 5.38 Å². The average Bonchev–Trinajstić information content (AvgIpc) is 2.74. The zero-order chi connectivity index (χ0) is 13.3. The van der Waals surface area contributed by atoms with Crippen molar-refractivity contribution < 1.29 is 14.4 Å². The molecule has 1 atom stereocenters. The summed E-state index contributed by atoms with van der Waals surface area (Å²) in [4.78, 5) is 40.6. The molecule has 3 amide bonds. The van der Waals surface area contributed by atoms with Gasteiger partial charge in [0.2, 0.25) is 11.8 Å². The van der Waals surface area contributed by atoms with Gasteiger partial charge in [-0.05, 0) is 13.3 Å². The van der Waals surface area contributed by atoms with Gasteiger partial charge in [-0.3, -0.25) is 19.7 Å². The fourth-order valence-corrected chi connectivity index (χ4v) is 2.48. The van der Waals surface area contributed by atoms with Crippen molar-refractivity contribution in [2.45, 2.75) is 26.3 Å². The maximum absolute atomic E-state index is 12.2. The second-order valence-electron chi connectivity index (χ2n) is 4.02. The van der Waals surface area contributed by atoms with Gasteiger partial charge in [0.05, 0.1) is 5.01 Å². The summed E-state index contributed by atoms with van der Waals surface area (Å²) in [6.45, 7) is 3.50. The van der Waals surface area contributed by atoms with E-state index >= 15 is 0 Å². The van der Waals surface area contributed by atoms with Crippen molar-refractivity contribution in [2.24, 2.45) is 0 Å². The number of rotatable bonds is 2. The van der Waals surface area contributed by atoms with Crippen LogP contribution in [-0.2, 0) is 9.59 Å². The van der Waals surface area contributed by atoms with Crippen molar-refractivity contribution in [3.63, 3.8) is 0 Å². The van der Waals surface area contributed by atoms with E-state index in [-0.39, 0.29) is 12.5 Å². The number of carbonyl (C=O) groups is 3. The third-order valence-electron chi connectivity index (χ3n) is 2.74. The Labute approximate surface area is 108 Å². The molecule has 1 unspecified atom stereocenters. The van der Waals surface area contributed by atoms with E-state index < -0.39 is 17.9 Å². The number of thiazole rings is 1. The molecule has 7 heteroatoms. The van der Waals surface area contributed by atoms with Crippen molar-refractivity contribution in [1.82, 2.24) is 15.2 Å². The van der Waals surface area contributed by atoms with Crippen molar-refractivity contribution >= 4 is 29.1 Å². The van der Waals surface area contributed by atoms with Crippen molar-refractivity contribution in [2.75, 3.05) is 6.54 Å². The van der Waals surface area contributed by atoms with Crippen molar-refractivity contribution in [3.8, 4) is 0 Å². The molecule has 2 heterocycles. The molecule has 0 spiro atoms. The van der Waals surface area contributed by atoms with E-state index in [1.165, 1.54) is 16.2 Å². The minimum absolute atomic E-state index is 0.0976. The smallest absolute Gasteiger partial charge is 0.274 e. The molecular formula is C11H13N3O3S. The number of nitrogens with one attached hydrogen (secondary N) is 1. The van der Waals surface area contributed by atoms with Crippen LogP contribution in [0.2, 0.25) is 0 Å². The fraction of sp³-hybridized carbons (Fsp3) is 0.455. The van der Waals surface area contributed by atoms with Crippen molar-refractivity contribution in [3.05, 3.63) is 16.1 Å². The number of imide groups is 1. The van der Waals surface area contributed by atoms with E-state index in [2.05, 4.69) is 10.3 Å². The predicted molar refractivity (Wildman–Crippen MR) is 65.1 cm³/mol. The number of hydrogen-bond donors (Lipinski definition) is 1. The minimum atomic E-state index is -0.600. The molecule has 0 aromatic carbocycles. The van der Waals surface area contributed by atoms with Crippen LogP contribution in [0.25, 0.3) is 0 Å². The summed E-state index contributed by atoms with van der Waals surface area (Å²) < 4.78 is 0. The maximum atomic E-state index is 12.2. The highest BCUT2D eigenvalue weighted by Crippen LogP contribution is 2.16. The Bertz CT molecular complexity index is 511. The highest BCUT2D eigenvalue weighted by molar-refractivity contribution is 7.09. The molecule has 1 aliphatic rings. The first-order valence-corrected chi connectivity index (χ1v) is 6.47. The number of aromatic nitrogens is 1. The molecule has 96 valence electrons. The van der Waals surface area contributed by atoms with E-state index in [1.807, 2.05) is 0 Å². The van der Waals surface area contributed by atoms with Gasteiger partial charge in [-0.1, -0.05) is 6.92 Å². The number of nitrogens with zero attached hydrogens (tertiary/aromatic N) is 2. The Balaban J connectivity index is 2.26. The van der Waals surface area contributed by atoms with Crippen LogP contribution in [0.1, 0.15) is 28.8 Å². The lowest BCUT2D eigenvalue weighted by atomic mass is 10.1. The molecule has 2 rings (SSSR count). The molecule has 1 aliphatic heterocycles. The summed E-state index contributed by atoms with van der Waals surface area (Å²) in [5.74, 6) is -1.24. The van der Waals surface area contributed by atoms with Crippen LogP contribution in [0.5, 0.6) is 0 Å². The molecule has 6 nitrogen and oxygen atoms in total. The lowest BCUT2D eigenvalue weighted by molar-refractivity contribution is -0.138. The average molecular weight is 267 g/mol. The zero-order valence-corrected chi connectivity index (χ0v) is 10.9. The SMILES string of the molecule is CCC1C(=O)NC(=O)CN1C(=O)c1csc(C)n1. The van der Waals surface area contributed by atoms with Crippen LogP contribution in [0.15, 0.2) is 5.38 Å². The van der Waals surface area contributed by atoms with Crippen LogP contribution in [0.4, 0.5) is 0 Å². The summed E-state index contributed by atoms with van der Waals surface area (Å²) in [5.41, 5.74) is 0.290. The highest BCUT2D eigenvalue weighted by Gasteiger charge is 2.36. The molecule has 1 fully saturated rings. The van der Waals surface area contributed by atoms with Gasteiger partial charge >= 0.3 is 0 Å². The van der Waals surface area contributed by atoms with E-state index in [0.29, 0.717) is 12.1 Å². The third kappa shape index (κ3) is 2.26. The second kappa shape index (κ2) is 4.85. The normalized spacial score (nSPS) is 19.9. The quantitative estimate of drug-likeness (QED) is 0.783. The van der Waals surface area contributed by atoms with Gasteiger partial charge in [0.25, 0.3) is 5.91 Å². The highest BCUT2D eigenvalue weighted by atomic mass is 32.1. The largest absolute Gasteiger partial charge is 0.316 e. The minimum Gasteiger partial charge on any atom is -0.316 e. The molecule has 0 aliphatic carbocycles. The molecule has 1 aromatic heterocycles. The standard InChI is InChI=1S/C11H13N3O3S/c1-3-8-10(16)13-9(15)4-14(8)11(17)7-5-18-6(2)12-7/h5,8H,3-4H2,1-2H3,(H,13,15,16). The van der Waals surface area contributed by atoms with Gasteiger partial charge in [0.1, 0.15) is 18.3 Å². The lowest BCUT2D eigenvalue weighted by Crippen LogP contribution is -2.59. The van der Waals surface area contributed by atoms with Gasteiger partial charge in [-0.15, -0.1) is 11.3 Å². The lowest BCUT2D eigenvalue weighted by Gasteiger charge is -2.32. The molecule has 1 saturated heterocycles. The zero-order valence-electron chi connectivity index (χ0n) is 10.1. The fourth-order valence-electron chi connectivity index (χ4n) is 1.89. The number of piperazine rings is 1. The Kier molecular flexibility index (Phi) is 3.42. The number of carbonyl (C=O) groups excluding carboxylic acids is 3. The van der Waals surface area contributed by atoms with Gasteiger partial charge in [-0.2, -0.15) is 0 Å². The third-order valence-corrected chi connectivity index (χ3v) is 3.51. The first kappa shape index (κ1) is 12.7. The monoisotopic (exact) mass is 267 g/mol. The summed E-state index contributed by atoms with van der Waals surface area (Å²) in [6, 6.07) is -0.600. The Morgan fingerprint density at radius 2 is 2.33 bits per heavy atom. The molecule has 0 saturated carbocycles. The van der Waals surface area contributed by atoms with Gasteiger partial charge in [0.15, 0.2) is 0 Å². The van der Waals surface area contributed by atoms with Crippen LogP contribution >= 0.6 is 11.3 Å². The van der Waals surface area contributed by atoms with E-state index in [0.717, 1.165) is 5.01 Å². The summed E-state index contributed by atoms with van der Waals surface area (Å²) in [7, 11) is 0. The summed E-state index contributed by atoms with van der Waals surface area (Å²) >= 11 is 1.36. The first-order chi connectivity index (χ1) is 8.52. The first-order valence-electron chi connectivity index (χ1n) is 5.59. The summed E-state index contributed by atoms with van der Waals surface area (Å²) in [6.07, 6.45) is 0.466.